The van der Waals surface area contributed by atoms with E-state index < -0.39 is 11.1 Å². The summed E-state index contributed by atoms with van der Waals surface area (Å²) in [6.45, 7) is 1.69. The molecule has 0 bridgehead atoms. The number of nitro benzene ring substituents is 1. The average molecular weight is 389 g/mol. The van der Waals surface area contributed by atoms with E-state index >= 15 is 0 Å². The molecule has 0 aromatic heterocycles. The number of rotatable bonds is 4. The number of para-hydroxylation sites is 3. The maximum atomic E-state index is 13.5. The number of fused-ring (bicyclic) bond motifs is 1. The van der Waals surface area contributed by atoms with Gasteiger partial charge < -0.3 is 10.1 Å². The van der Waals surface area contributed by atoms with Crippen molar-refractivity contribution in [2.45, 2.75) is 13.1 Å². The molecule has 3 aromatic carbocycles. The number of hydrogen-bond acceptors (Lipinski definition) is 5. The lowest BCUT2D eigenvalue weighted by atomic mass is 10.0. The number of hydrogen-bond donors (Lipinski definition) is 1. The van der Waals surface area contributed by atoms with E-state index in [1.807, 2.05) is 24.3 Å². The van der Waals surface area contributed by atoms with Crippen molar-refractivity contribution in [1.29, 1.82) is 0 Å². The molecule has 1 atom stereocenters. The summed E-state index contributed by atoms with van der Waals surface area (Å²) in [5.74, 6) is 0.325. The molecule has 0 saturated carbocycles. The molecule has 0 radical (unpaired) electrons. The molecule has 0 fully saturated rings. The van der Waals surface area contributed by atoms with Gasteiger partial charge in [0.15, 0.2) is 0 Å². The Morgan fingerprint density at radius 2 is 1.79 bits per heavy atom. The highest BCUT2D eigenvalue weighted by molar-refractivity contribution is 6.12. The molecular weight excluding hydrogens is 370 g/mol. The highest BCUT2D eigenvalue weighted by Gasteiger charge is 2.36. The van der Waals surface area contributed by atoms with Gasteiger partial charge in [-0.05, 0) is 31.2 Å². The molecule has 146 valence electrons. The maximum absolute atomic E-state index is 13.5. The van der Waals surface area contributed by atoms with Crippen molar-refractivity contribution in [2.75, 3.05) is 17.3 Å². The fourth-order valence-electron chi connectivity index (χ4n) is 3.56. The molecule has 1 aliphatic rings. The molecule has 7 nitrogen and oxygen atoms in total. The zero-order valence-electron chi connectivity index (χ0n) is 16.0. The Morgan fingerprint density at radius 1 is 1.07 bits per heavy atom. The largest absolute Gasteiger partial charge is 0.495 e. The summed E-state index contributed by atoms with van der Waals surface area (Å²) in [6, 6.07) is 19.4. The fourth-order valence-corrected chi connectivity index (χ4v) is 3.56. The molecule has 1 aliphatic heterocycles. The van der Waals surface area contributed by atoms with Gasteiger partial charge in [0.1, 0.15) is 11.9 Å². The van der Waals surface area contributed by atoms with Crippen molar-refractivity contribution < 1.29 is 14.5 Å². The SMILES string of the molecule is COc1ccccc1N1C(=O)c2ccccc2N[C@H]1c1ccc(C)c([N+](=O)[O-])c1. The van der Waals surface area contributed by atoms with Crippen LogP contribution in [0, 0.1) is 17.0 Å². The number of carbonyl (C=O) groups is 1. The molecule has 29 heavy (non-hydrogen) atoms. The van der Waals surface area contributed by atoms with Gasteiger partial charge in [0.05, 0.1) is 23.3 Å². The van der Waals surface area contributed by atoms with Crippen LogP contribution >= 0.6 is 0 Å². The van der Waals surface area contributed by atoms with Crippen molar-refractivity contribution in [1.82, 2.24) is 0 Å². The summed E-state index contributed by atoms with van der Waals surface area (Å²) in [7, 11) is 1.54. The smallest absolute Gasteiger partial charge is 0.272 e. The number of methoxy groups -OCH3 is 1. The van der Waals surface area contributed by atoms with Gasteiger partial charge in [0, 0.05) is 22.9 Å². The van der Waals surface area contributed by atoms with Gasteiger partial charge in [-0.3, -0.25) is 19.8 Å². The summed E-state index contributed by atoms with van der Waals surface area (Å²) < 4.78 is 5.47. The van der Waals surface area contributed by atoms with Gasteiger partial charge >= 0.3 is 0 Å². The second kappa shape index (κ2) is 7.27. The number of carbonyl (C=O) groups excluding carboxylic acids is 1. The third-order valence-corrected chi connectivity index (χ3v) is 5.02. The lowest BCUT2D eigenvalue weighted by Crippen LogP contribution is -2.43. The minimum Gasteiger partial charge on any atom is -0.495 e. The number of aryl methyl sites for hydroxylation is 1. The second-order valence-corrected chi connectivity index (χ2v) is 6.74. The molecule has 1 N–H and O–H groups in total. The number of ether oxygens (including phenoxy) is 1. The second-order valence-electron chi connectivity index (χ2n) is 6.74. The topological polar surface area (TPSA) is 84.7 Å². The summed E-state index contributed by atoms with van der Waals surface area (Å²) in [5.41, 5.74) is 2.96. The Labute approximate surface area is 167 Å². The van der Waals surface area contributed by atoms with Crippen molar-refractivity contribution in [3.05, 3.63) is 93.5 Å². The highest BCUT2D eigenvalue weighted by Crippen LogP contribution is 2.41. The van der Waals surface area contributed by atoms with E-state index in [1.165, 1.54) is 6.07 Å². The molecule has 1 heterocycles. The standard InChI is InChI=1S/C22H19N3O4/c1-14-11-12-15(13-19(14)25(27)28)21-23-17-8-4-3-7-16(17)22(26)24(21)18-9-5-6-10-20(18)29-2/h3-13,21,23H,1-2H3/t21-/m1/s1. The van der Waals surface area contributed by atoms with Gasteiger partial charge in [-0.15, -0.1) is 0 Å². The first-order valence-corrected chi connectivity index (χ1v) is 9.08. The Balaban J connectivity index is 1.91. The predicted molar refractivity (Wildman–Crippen MR) is 110 cm³/mol. The normalized spacial score (nSPS) is 15.4. The molecule has 4 rings (SSSR count). The van der Waals surface area contributed by atoms with Gasteiger partial charge in [0.2, 0.25) is 0 Å². The van der Waals surface area contributed by atoms with E-state index in [2.05, 4.69) is 5.32 Å². The first kappa shape index (κ1) is 18.5. The summed E-state index contributed by atoms with van der Waals surface area (Å²) in [6.07, 6.45) is -0.631. The summed E-state index contributed by atoms with van der Waals surface area (Å²) in [5, 5.41) is 14.8. The van der Waals surface area contributed by atoms with Gasteiger partial charge in [-0.1, -0.05) is 36.4 Å². The molecule has 3 aromatic rings. The third kappa shape index (κ3) is 3.16. The Hall–Kier alpha value is -3.87. The monoisotopic (exact) mass is 389 g/mol. The molecule has 0 saturated heterocycles. The maximum Gasteiger partial charge on any atom is 0.272 e. The molecular formula is C22H19N3O4. The summed E-state index contributed by atoms with van der Waals surface area (Å²) >= 11 is 0. The van der Waals surface area contributed by atoms with Gasteiger partial charge in [-0.2, -0.15) is 0 Å². The van der Waals surface area contributed by atoms with Gasteiger partial charge in [-0.25, -0.2) is 0 Å². The lowest BCUT2D eigenvalue weighted by Gasteiger charge is -2.38. The Bertz CT molecular complexity index is 1110. The molecule has 0 spiro atoms. The van der Waals surface area contributed by atoms with E-state index in [1.54, 1.807) is 55.3 Å². The first-order valence-electron chi connectivity index (χ1n) is 9.08. The Morgan fingerprint density at radius 3 is 2.55 bits per heavy atom. The van der Waals surface area contributed by atoms with Crippen LogP contribution in [0.5, 0.6) is 5.75 Å². The van der Waals surface area contributed by atoms with Crippen LogP contribution in [0.25, 0.3) is 0 Å². The number of amides is 1. The van der Waals surface area contributed by atoms with Crippen molar-refractivity contribution >= 4 is 23.0 Å². The quantitative estimate of drug-likeness (QED) is 0.517. The third-order valence-electron chi connectivity index (χ3n) is 5.02. The van der Waals surface area contributed by atoms with Gasteiger partial charge in [0.25, 0.3) is 11.6 Å². The molecule has 0 unspecified atom stereocenters. The number of nitrogens with one attached hydrogen (secondary N) is 1. The Kier molecular flexibility index (Phi) is 4.64. The van der Waals surface area contributed by atoms with Crippen LogP contribution in [0.3, 0.4) is 0 Å². The van der Waals surface area contributed by atoms with E-state index in [0.717, 1.165) is 0 Å². The van der Waals surface area contributed by atoms with Crippen LogP contribution in [0.15, 0.2) is 66.7 Å². The predicted octanol–water partition coefficient (Wildman–Crippen LogP) is 4.68. The van der Waals surface area contributed by atoms with Crippen LogP contribution < -0.4 is 15.0 Å². The lowest BCUT2D eigenvalue weighted by molar-refractivity contribution is -0.385. The minimum absolute atomic E-state index is 0.00980. The minimum atomic E-state index is -0.631. The van der Waals surface area contributed by atoms with Crippen LogP contribution in [0.2, 0.25) is 0 Å². The van der Waals surface area contributed by atoms with Crippen LogP contribution in [0.1, 0.15) is 27.7 Å². The van der Waals surface area contributed by atoms with E-state index in [0.29, 0.717) is 33.8 Å². The van der Waals surface area contributed by atoms with Crippen molar-refractivity contribution in [2.24, 2.45) is 0 Å². The first-order chi connectivity index (χ1) is 14.0. The zero-order chi connectivity index (χ0) is 20.5. The zero-order valence-corrected chi connectivity index (χ0v) is 16.0. The van der Waals surface area contributed by atoms with E-state index in [-0.39, 0.29) is 11.6 Å². The number of anilines is 2. The van der Waals surface area contributed by atoms with E-state index in [4.69, 9.17) is 4.74 Å². The molecule has 1 amide bonds. The van der Waals surface area contributed by atoms with Crippen LogP contribution in [-0.2, 0) is 0 Å². The number of benzene rings is 3. The van der Waals surface area contributed by atoms with E-state index in [9.17, 15) is 14.9 Å². The number of nitrogens with zero attached hydrogens (tertiary/aromatic N) is 2. The van der Waals surface area contributed by atoms with Crippen molar-refractivity contribution in [3.63, 3.8) is 0 Å². The number of nitro groups is 1. The highest BCUT2D eigenvalue weighted by atomic mass is 16.6. The fraction of sp³-hybridized carbons (Fsp3) is 0.136. The molecule has 0 aliphatic carbocycles. The average Bonchev–Trinajstić information content (AvgIpc) is 2.74. The molecule has 7 heteroatoms. The summed E-state index contributed by atoms with van der Waals surface area (Å²) in [4.78, 5) is 26.1. The van der Waals surface area contributed by atoms with Crippen LogP contribution in [0.4, 0.5) is 17.1 Å². The van der Waals surface area contributed by atoms with Crippen molar-refractivity contribution in [3.8, 4) is 5.75 Å². The van der Waals surface area contributed by atoms with Crippen LogP contribution in [-0.4, -0.2) is 17.9 Å².